The lowest BCUT2D eigenvalue weighted by molar-refractivity contribution is -0.120. The largest absolute Gasteiger partial charge is 0.493 e. The summed E-state index contributed by atoms with van der Waals surface area (Å²) in [5, 5.41) is 5.24. The highest BCUT2D eigenvalue weighted by Crippen LogP contribution is 2.25. The number of rotatable bonds is 8. The van der Waals surface area contributed by atoms with E-state index in [2.05, 4.69) is 34.1 Å². The number of nitrogens with zero attached hydrogens (tertiary/aromatic N) is 2. The number of aryl methyl sites for hydroxylation is 1. The van der Waals surface area contributed by atoms with E-state index in [-0.39, 0.29) is 5.91 Å². The minimum absolute atomic E-state index is 0.0305. The van der Waals surface area contributed by atoms with E-state index in [1.54, 1.807) is 0 Å². The van der Waals surface area contributed by atoms with E-state index >= 15 is 0 Å². The molecule has 1 heterocycles. The third kappa shape index (κ3) is 4.24. The van der Waals surface area contributed by atoms with Crippen molar-refractivity contribution in [3.8, 4) is 5.75 Å². The average Bonchev–Trinajstić information content (AvgIpc) is 3.12. The molecule has 0 saturated carbocycles. The number of carbonyl (C=O) groups excluding carboxylic acids is 1. The number of nitrogens with one attached hydrogen (secondary N) is 1. The monoisotopic (exact) mass is 387 g/mol. The summed E-state index contributed by atoms with van der Waals surface area (Å²) >= 11 is 0. The Bertz CT molecular complexity index is 1130. The molecule has 3 aromatic carbocycles. The second kappa shape index (κ2) is 8.78. The van der Waals surface area contributed by atoms with Gasteiger partial charge >= 0.3 is 0 Å². The molecule has 5 nitrogen and oxygen atoms in total. The predicted molar refractivity (Wildman–Crippen MR) is 116 cm³/mol. The molecule has 0 bridgehead atoms. The molecule has 0 aliphatic heterocycles. The van der Waals surface area contributed by atoms with Crippen molar-refractivity contribution < 1.29 is 9.53 Å². The normalized spacial score (nSPS) is 11.1. The van der Waals surface area contributed by atoms with Crippen molar-refractivity contribution in [1.82, 2.24) is 14.9 Å². The van der Waals surface area contributed by atoms with Crippen LogP contribution in [-0.4, -0.2) is 22.1 Å². The first-order valence-corrected chi connectivity index (χ1v) is 10.1. The van der Waals surface area contributed by atoms with Crippen LogP contribution >= 0.6 is 0 Å². The number of carbonyl (C=O) groups is 1. The molecule has 148 valence electrons. The number of aromatic nitrogens is 2. The maximum atomic E-state index is 11.7. The van der Waals surface area contributed by atoms with Gasteiger partial charge in [0.1, 0.15) is 11.6 Å². The number of amides is 1. The van der Waals surface area contributed by atoms with Gasteiger partial charge in [0, 0.05) is 18.4 Å². The number of ether oxygens (including phenoxy) is 1. The minimum atomic E-state index is 0.0305. The number of benzene rings is 3. The molecule has 0 aliphatic rings. The van der Waals surface area contributed by atoms with E-state index < -0.39 is 0 Å². The molecule has 0 saturated heterocycles. The van der Waals surface area contributed by atoms with Gasteiger partial charge in [-0.05, 0) is 30.0 Å². The van der Waals surface area contributed by atoms with Gasteiger partial charge in [0.05, 0.1) is 24.2 Å². The number of hydrogen-bond donors (Lipinski definition) is 1. The van der Waals surface area contributed by atoms with Crippen LogP contribution in [-0.2, 0) is 17.9 Å². The zero-order chi connectivity index (χ0) is 20.1. The molecule has 4 aromatic rings. The van der Waals surface area contributed by atoms with Crippen LogP contribution < -0.4 is 10.1 Å². The number of imidazole rings is 1. The van der Waals surface area contributed by atoms with E-state index in [4.69, 9.17) is 9.72 Å². The molecule has 0 spiro atoms. The smallest absolute Gasteiger partial charge is 0.220 e. The molecular formula is C24H25N3O2. The Kier molecular flexibility index (Phi) is 5.75. The van der Waals surface area contributed by atoms with Crippen molar-refractivity contribution in [1.29, 1.82) is 0 Å². The van der Waals surface area contributed by atoms with Crippen LogP contribution in [0.5, 0.6) is 5.75 Å². The summed E-state index contributed by atoms with van der Waals surface area (Å²) in [5.41, 5.74) is 2.03. The van der Waals surface area contributed by atoms with Crippen LogP contribution in [0, 0.1) is 0 Å². The molecule has 0 radical (unpaired) electrons. The maximum Gasteiger partial charge on any atom is 0.220 e. The van der Waals surface area contributed by atoms with Crippen LogP contribution in [0.3, 0.4) is 0 Å². The third-order valence-corrected chi connectivity index (χ3v) is 5.03. The lowest BCUT2D eigenvalue weighted by Crippen LogP contribution is -2.23. The van der Waals surface area contributed by atoms with Crippen LogP contribution in [0.15, 0.2) is 66.7 Å². The fourth-order valence-electron chi connectivity index (χ4n) is 3.54. The summed E-state index contributed by atoms with van der Waals surface area (Å²) < 4.78 is 8.26. The second-order valence-electron chi connectivity index (χ2n) is 6.98. The van der Waals surface area contributed by atoms with Gasteiger partial charge in [-0.25, -0.2) is 4.98 Å². The van der Waals surface area contributed by atoms with E-state index in [0.29, 0.717) is 19.6 Å². The minimum Gasteiger partial charge on any atom is -0.493 e. The first-order chi connectivity index (χ1) is 14.3. The summed E-state index contributed by atoms with van der Waals surface area (Å²) in [4.78, 5) is 16.4. The van der Waals surface area contributed by atoms with Gasteiger partial charge in [-0.2, -0.15) is 0 Å². The van der Waals surface area contributed by atoms with E-state index in [9.17, 15) is 4.79 Å². The van der Waals surface area contributed by atoms with Crippen molar-refractivity contribution in [2.45, 2.75) is 32.9 Å². The fraction of sp³-hybridized carbons (Fsp3) is 0.250. The third-order valence-electron chi connectivity index (χ3n) is 5.03. The Balaban J connectivity index is 1.45. The Labute approximate surface area is 170 Å². The van der Waals surface area contributed by atoms with Gasteiger partial charge in [-0.1, -0.05) is 55.5 Å². The van der Waals surface area contributed by atoms with Crippen LogP contribution in [0.2, 0.25) is 0 Å². The van der Waals surface area contributed by atoms with Crippen molar-refractivity contribution >= 4 is 27.7 Å². The molecule has 29 heavy (non-hydrogen) atoms. The van der Waals surface area contributed by atoms with Gasteiger partial charge < -0.3 is 14.6 Å². The molecule has 5 heteroatoms. The quantitative estimate of drug-likeness (QED) is 0.447. The first kappa shape index (κ1) is 19.0. The molecule has 0 fully saturated rings. The van der Waals surface area contributed by atoms with Crippen molar-refractivity contribution in [3.63, 3.8) is 0 Å². The highest BCUT2D eigenvalue weighted by atomic mass is 16.5. The summed E-state index contributed by atoms with van der Waals surface area (Å²) in [7, 11) is 0. The van der Waals surface area contributed by atoms with E-state index in [0.717, 1.165) is 41.0 Å². The Hall–Kier alpha value is -3.34. The summed E-state index contributed by atoms with van der Waals surface area (Å²) in [5.74, 6) is 1.81. The van der Waals surface area contributed by atoms with Crippen molar-refractivity contribution in [3.05, 3.63) is 72.6 Å². The van der Waals surface area contributed by atoms with Gasteiger partial charge in [0.15, 0.2) is 0 Å². The zero-order valence-corrected chi connectivity index (χ0v) is 16.6. The maximum absolute atomic E-state index is 11.7. The lowest BCUT2D eigenvalue weighted by atomic mass is 10.1. The summed E-state index contributed by atoms with van der Waals surface area (Å²) in [6.07, 6.45) is 1.32. The molecule has 1 N–H and O–H groups in total. The average molecular weight is 387 g/mol. The highest BCUT2D eigenvalue weighted by molar-refractivity contribution is 5.88. The molecule has 1 amide bonds. The van der Waals surface area contributed by atoms with Gasteiger partial charge in [-0.15, -0.1) is 0 Å². The number of fused-ring (bicyclic) bond motifs is 2. The molecule has 4 rings (SSSR count). The number of hydrogen-bond acceptors (Lipinski definition) is 3. The summed E-state index contributed by atoms with van der Waals surface area (Å²) in [6, 6.07) is 22.5. The van der Waals surface area contributed by atoms with Crippen molar-refractivity contribution in [2.75, 3.05) is 6.61 Å². The second-order valence-corrected chi connectivity index (χ2v) is 6.98. The van der Waals surface area contributed by atoms with E-state index in [1.165, 1.54) is 5.39 Å². The van der Waals surface area contributed by atoms with Gasteiger partial charge in [-0.3, -0.25) is 4.79 Å². The van der Waals surface area contributed by atoms with Crippen LogP contribution in [0.25, 0.3) is 21.8 Å². The molecule has 0 unspecified atom stereocenters. The van der Waals surface area contributed by atoms with Crippen molar-refractivity contribution in [2.24, 2.45) is 0 Å². The fourth-order valence-corrected chi connectivity index (χ4v) is 3.54. The molecular weight excluding hydrogens is 362 g/mol. The molecule has 0 atom stereocenters. The standard InChI is InChI=1S/C24H25N3O2/c1-2-24(28)25-17-23-26-20-12-5-6-13-21(20)27(23)15-8-16-29-22-14-7-10-18-9-3-4-11-19(18)22/h3-7,9-14H,2,8,15-17H2,1H3,(H,25,28). The Morgan fingerprint density at radius 2 is 1.83 bits per heavy atom. The van der Waals surface area contributed by atoms with Crippen LogP contribution in [0.1, 0.15) is 25.6 Å². The molecule has 0 aliphatic carbocycles. The predicted octanol–water partition coefficient (Wildman–Crippen LogP) is 4.68. The first-order valence-electron chi connectivity index (χ1n) is 10.1. The SMILES string of the molecule is CCC(=O)NCc1nc2ccccc2n1CCCOc1cccc2ccccc12. The Morgan fingerprint density at radius 3 is 2.72 bits per heavy atom. The number of para-hydroxylation sites is 2. The lowest BCUT2D eigenvalue weighted by Gasteiger charge is -2.12. The van der Waals surface area contributed by atoms with Gasteiger partial charge in [0.2, 0.25) is 5.91 Å². The van der Waals surface area contributed by atoms with E-state index in [1.807, 2.05) is 49.4 Å². The molecule has 1 aromatic heterocycles. The Morgan fingerprint density at radius 1 is 1.03 bits per heavy atom. The summed E-state index contributed by atoms with van der Waals surface area (Å²) in [6.45, 7) is 3.68. The topological polar surface area (TPSA) is 56.2 Å². The zero-order valence-electron chi connectivity index (χ0n) is 16.6. The van der Waals surface area contributed by atoms with Gasteiger partial charge in [0.25, 0.3) is 0 Å². The highest BCUT2D eigenvalue weighted by Gasteiger charge is 2.11. The van der Waals surface area contributed by atoms with Crippen LogP contribution in [0.4, 0.5) is 0 Å².